The van der Waals surface area contributed by atoms with Gasteiger partial charge >= 0.3 is 0 Å². The lowest BCUT2D eigenvalue weighted by atomic mass is 10.1. The van der Waals surface area contributed by atoms with Crippen molar-refractivity contribution < 1.29 is 14.3 Å². The van der Waals surface area contributed by atoms with Gasteiger partial charge in [-0.05, 0) is 19.1 Å². The molecule has 29 heavy (non-hydrogen) atoms. The number of nitrogens with two attached hydrogens (primary N) is 1. The Bertz CT molecular complexity index is 1010. The lowest BCUT2D eigenvalue weighted by Crippen LogP contribution is -2.33. The standard InChI is InChI=1S/C19H20N6O3S/c1-11(17(21)26)22-12-2-3-14-15(8-12)28-7-6-24-9-16(23-18(14)24)25-13(4-5-20)10-29-19(25)27/h2-3,8-9,11,13,22H,4,6-7,10H2,1H3,(H2,21,26)/t11?,13-/m1/s1. The van der Waals surface area contributed by atoms with Crippen LogP contribution in [0.5, 0.6) is 5.75 Å². The highest BCUT2D eigenvalue weighted by atomic mass is 32.2. The zero-order chi connectivity index (χ0) is 20.5. The molecule has 0 radical (unpaired) electrons. The number of carbonyl (C=O) groups excluding carboxylic acids is 2. The zero-order valence-electron chi connectivity index (χ0n) is 15.8. The number of imidazole rings is 1. The third-order valence-electron chi connectivity index (χ3n) is 4.92. The smallest absolute Gasteiger partial charge is 0.287 e. The summed E-state index contributed by atoms with van der Waals surface area (Å²) in [5, 5.41) is 12.0. The molecule has 2 aromatic rings. The predicted molar refractivity (Wildman–Crippen MR) is 110 cm³/mol. The van der Waals surface area contributed by atoms with Gasteiger partial charge in [-0.1, -0.05) is 11.8 Å². The van der Waals surface area contributed by atoms with Crippen molar-refractivity contribution in [1.82, 2.24) is 9.55 Å². The molecule has 150 valence electrons. The van der Waals surface area contributed by atoms with Crippen LogP contribution in [0.4, 0.5) is 16.3 Å². The number of primary amides is 1. The first-order valence-electron chi connectivity index (χ1n) is 9.21. The number of carbonyl (C=O) groups is 2. The van der Waals surface area contributed by atoms with Gasteiger partial charge in [0.2, 0.25) is 5.91 Å². The Morgan fingerprint density at radius 2 is 2.38 bits per heavy atom. The van der Waals surface area contributed by atoms with Gasteiger partial charge < -0.3 is 20.4 Å². The molecule has 3 heterocycles. The Labute approximate surface area is 171 Å². The van der Waals surface area contributed by atoms with E-state index in [9.17, 15) is 9.59 Å². The van der Waals surface area contributed by atoms with Crippen molar-refractivity contribution in [1.29, 1.82) is 5.26 Å². The van der Waals surface area contributed by atoms with Gasteiger partial charge in [-0.15, -0.1) is 0 Å². The first kappa shape index (κ1) is 19.1. The summed E-state index contributed by atoms with van der Waals surface area (Å²) in [6.45, 7) is 2.71. The van der Waals surface area contributed by atoms with Crippen LogP contribution in [0.3, 0.4) is 0 Å². The largest absolute Gasteiger partial charge is 0.491 e. The number of amides is 2. The second-order valence-electron chi connectivity index (χ2n) is 6.91. The number of aromatic nitrogens is 2. The van der Waals surface area contributed by atoms with Crippen molar-refractivity contribution in [3.63, 3.8) is 0 Å². The van der Waals surface area contributed by atoms with Gasteiger partial charge in [-0.2, -0.15) is 5.26 Å². The molecule has 1 saturated heterocycles. The molecule has 2 aliphatic heterocycles. The molecular formula is C19H20N6O3S. The van der Waals surface area contributed by atoms with E-state index in [-0.39, 0.29) is 17.7 Å². The zero-order valence-corrected chi connectivity index (χ0v) is 16.6. The second kappa shape index (κ2) is 7.67. The fraction of sp³-hybridized carbons (Fsp3) is 0.368. The Morgan fingerprint density at radius 3 is 3.14 bits per heavy atom. The Morgan fingerprint density at radius 1 is 1.55 bits per heavy atom. The van der Waals surface area contributed by atoms with E-state index in [1.165, 1.54) is 11.8 Å². The van der Waals surface area contributed by atoms with Crippen LogP contribution in [0.25, 0.3) is 11.4 Å². The van der Waals surface area contributed by atoms with Crippen LogP contribution in [0.15, 0.2) is 24.4 Å². The van der Waals surface area contributed by atoms with Crippen molar-refractivity contribution >= 4 is 34.4 Å². The summed E-state index contributed by atoms with van der Waals surface area (Å²) >= 11 is 1.21. The maximum Gasteiger partial charge on any atom is 0.287 e. The summed E-state index contributed by atoms with van der Waals surface area (Å²) < 4.78 is 7.83. The van der Waals surface area contributed by atoms with Crippen molar-refractivity contribution in [3.05, 3.63) is 24.4 Å². The molecule has 3 N–H and O–H groups in total. The lowest BCUT2D eigenvalue weighted by Gasteiger charge is -2.19. The van der Waals surface area contributed by atoms with E-state index in [1.807, 2.05) is 29.0 Å². The number of nitrogens with zero attached hydrogens (tertiary/aromatic N) is 4. The summed E-state index contributed by atoms with van der Waals surface area (Å²) in [6.07, 6.45) is 2.11. The highest BCUT2D eigenvalue weighted by Gasteiger charge is 2.35. The molecule has 4 rings (SSSR count). The number of rotatable bonds is 5. The third kappa shape index (κ3) is 3.61. The van der Waals surface area contributed by atoms with Crippen molar-refractivity contribution in [2.75, 3.05) is 22.6 Å². The predicted octanol–water partition coefficient (Wildman–Crippen LogP) is 2.18. The molecule has 1 fully saturated rings. The van der Waals surface area contributed by atoms with Crippen LogP contribution in [-0.4, -0.2) is 45.1 Å². The van der Waals surface area contributed by atoms with Gasteiger partial charge in [0.15, 0.2) is 5.82 Å². The Kier molecular flexibility index (Phi) is 5.07. The van der Waals surface area contributed by atoms with Gasteiger partial charge in [0.05, 0.1) is 30.6 Å². The van der Waals surface area contributed by atoms with Crippen LogP contribution >= 0.6 is 11.8 Å². The van der Waals surface area contributed by atoms with Crippen LogP contribution in [-0.2, 0) is 11.3 Å². The number of fused-ring (bicyclic) bond motifs is 3. The minimum atomic E-state index is -0.511. The fourth-order valence-electron chi connectivity index (χ4n) is 3.39. The maximum atomic E-state index is 12.3. The number of ether oxygens (including phenoxy) is 1. The monoisotopic (exact) mass is 412 g/mol. The van der Waals surface area contributed by atoms with Gasteiger partial charge in [-0.3, -0.25) is 14.5 Å². The van der Waals surface area contributed by atoms with E-state index in [1.54, 1.807) is 11.8 Å². The molecule has 1 aromatic carbocycles. The summed E-state index contributed by atoms with van der Waals surface area (Å²) in [4.78, 5) is 30.0. The SMILES string of the molecule is CC(Nc1ccc2c(c1)OCCn1cc(N3C(=O)SC[C@H]3CC#N)nc1-2)C(N)=O. The van der Waals surface area contributed by atoms with Gasteiger partial charge in [-0.25, -0.2) is 4.98 Å². The number of benzene rings is 1. The number of anilines is 2. The Balaban J connectivity index is 1.68. The lowest BCUT2D eigenvalue weighted by molar-refractivity contribution is -0.118. The van der Waals surface area contributed by atoms with Gasteiger partial charge in [0, 0.05) is 23.7 Å². The van der Waals surface area contributed by atoms with E-state index in [0.717, 1.165) is 11.3 Å². The molecule has 0 bridgehead atoms. The minimum absolute atomic E-state index is 0.0880. The molecule has 0 saturated carbocycles. The summed E-state index contributed by atoms with van der Waals surface area (Å²) in [6, 6.07) is 6.98. The highest BCUT2D eigenvalue weighted by molar-refractivity contribution is 8.14. The first-order valence-corrected chi connectivity index (χ1v) is 10.2. The molecule has 1 aromatic heterocycles. The van der Waals surface area contributed by atoms with Crippen molar-refractivity contribution in [3.8, 4) is 23.2 Å². The highest BCUT2D eigenvalue weighted by Crippen LogP contribution is 2.37. The van der Waals surface area contributed by atoms with Crippen LogP contribution < -0.4 is 20.7 Å². The maximum absolute atomic E-state index is 12.3. The molecule has 2 amide bonds. The molecule has 2 atom stereocenters. The minimum Gasteiger partial charge on any atom is -0.491 e. The normalized spacial score (nSPS) is 18.8. The number of hydrogen-bond donors (Lipinski definition) is 2. The van der Waals surface area contributed by atoms with Crippen LogP contribution in [0.2, 0.25) is 0 Å². The van der Waals surface area contributed by atoms with E-state index in [0.29, 0.717) is 36.3 Å². The average Bonchev–Trinajstić information content (AvgIpc) is 3.21. The molecule has 9 nitrogen and oxygen atoms in total. The Hall–Kier alpha value is -3.19. The number of thioether (sulfide) groups is 1. The second-order valence-corrected chi connectivity index (χ2v) is 7.88. The van der Waals surface area contributed by atoms with E-state index in [2.05, 4.69) is 11.4 Å². The molecule has 2 aliphatic rings. The first-order chi connectivity index (χ1) is 14.0. The quantitative estimate of drug-likeness (QED) is 0.771. The third-order valence-corrected chi connectivity index (χ3v) is 5.92. The number of hydrogen-bond acceptors (Lipinski definition) is 7. The molecular weight excluding hydrogens is 392 g/mol. The molecule has 10 heteroatoms. The van der Waals surface area contributed by atoms with E-state index >= 15 is 0 Å². The summed E-state index contributed by atoms with van der Waals surface area (Å²) in [5.41, 5.74) is 6.83. The van der Waals surface area contributed by atoms with Gasteiger partial charge in [0.25, 0.3) is 5.24 Å². The van der Waals surface area contributed by atoms with Crippen LogP contribution in [0.1, 0.15) is 13.3 Å². The molecule has 0 aliphatic carbocycles. The number of nitriles is 1. The average molecular weight is 412 g/mol. The summed E-state index contributed by atoms with van der Waals surface area (Å²) in [7, 11) is 0. The van der Waals surface area contributed by atoms with E-state index < -0.39 is 11.9 Å². The molecule has 1 unspecified atom stereocenters. The molecule has 0 spiro atoms. The van der Waals surface area contributed by atoms with Gasteiger partial charge in [0.1, 0.15) is 24.2 Å². The van der Waals surface area contributed by atoms with Crippen molar-refractivity contribution in [2.45, 2.75) is 32.0 Å². The van der Waals surface area contributed by atoms with E-state index in [4.69, 9.17) is 20.7 Å². The number of nitrogens with one attached hydrogen (secondary N) is 1. The summed E-state index contributed by atoms with van der Waals surface area (Å²) in [5.74, 6) is 2.02. The fourth-order valence-corrected chi connectivity index (χ4v) is 4.38. The topological polar surface area (TPSA) is 126 Å². The van der Waals surface area contributed by atoms with Crippen LogP contribution in [0, 0.1) is 11.3 Å². The van der Waals surface area contributed by atoms with Crippen molar-refractivity contribution in [2.24, 2.45) is 5.73 Å².